The van der Waals surface area contributed by atoms with Gasteiger partial charge in [-0.05, 0) is 31.2 Å². The van der Waals surface area contributed by atoms with Gasteiger partial charge in [-0.25, -0.2) is 4.98 Å². The molecule has 0 fully saturated rings. The fraction of sp³-hybridized carbons (Fsp3) is 0.471. The van der Waals surface area contributed by atoms with Crippen LogP contribution >= 0.6 is 0 Å². The van der Waals surface area contributed by atoms with Crippen molar-refractivity contribution in [1.29, 1.82) is 0 Å². The third-order valence-electron chi connectivity index (χ3n) is 4.08. The number of anilines is 1. The number of para-hydroxylation sites is 1. The van der Waals surface area contributed by atoms with Gasteiger partial charge in [-0.1, -0.05) is 18.2 Å². The van der Waals surface area contributed by atoms with Crippen molar-refractivity contribution in [3.05, 3.63) is 36.3 Å². The molecule has 0 radical (unpaired) electrons. The molecule has 1 aromatic heterocycles. The van der Waals surface area contributed by atoms with Gasteiger partial charge in [0.15, 0.2) is 0 Å². The number of hydrogen-bond donors (Lipinski definition) is 1. The molecule has 0 amide bonds. The average molecular weight is 285 g/mol. The maximum Gasteiger partial charge on any atom is 0.0950 e. The molecule has 2 aromatic rings. The van der Waals surface area contributed by atoms with Gasteiger partial charge in [0.2, 0.25) is 0 Å². The Hall–Kier alpha value is -1.81. The molecule has 0 unspecified atom stereocenters. The smallest absolute Gasteiger partial charge is 0.0950 e. The highest BCUT2D eigenvalue weighted by Crippen LogP contribution is 2.34. The van der Waals surface area contributed by atoms with Crippen LogP contribution in [-0.2, 0) is 17.7 Å². The van der Waals surface area contributed by atoms with Crippen LogP contribution in [0.3, 0.4) is 0 Å². The number of nitrogens with one attached hydrogen (secondary N) is 1. The van der Waals surface area contributed by atoms with Gasteiger partial charge in [-0.15, -0.1) is 0 Å². The summed E-state index contributed by atoms with van der Waals surface area (Å²) in [5.74, 6) is 0. The molecule has 1 aliphatic heterocycles. The quantitative estimate of drug-likeness (QED) is 0.793. The monoisotopic (exact) mass is 285 g/mol. The first kappa shape index (κ1) is 14.1. The van der Waals surface area contributed by atoms with Crippen LogP contribution in [0, 0.1) is 0 Å². The lowest BCUT2D eigenvalue weighted by atomic mass is 10.1. The highest BCUT2D eigenvalue weighted by molar-refractivity contribution is 5.79. The van der Waals surface area contributed by atoms with Crippen molar-refractivity contribution in [1.82, 2.24) is 9.55 Å². The molecule has 4 nitrogen and oxygen atoms in total. The standard InChI is InChI=1S/C17H23N3O/c1-21-11-4-2-3-10-20-13-18-12-16(20)15-7-5-6-14-8-9-19-17(14)15/h5-7,12-13,19H,2-4,8-11H2,1H3. The van der Waals surface area contributed by atoms with E-state index >= 15 is 0 Å². The molecule has 1 aliphatic rings. The minimum Gasteiger partial charge on any atom is -0.385 e. The number of fused-ring (bicyclic) bond motifs is 1. The summed E-state index contributed by atoms with van der Waals surface area (Å²) in [4.78, 5) is 4.35. The van der Waals surface area contributed by atoms with Crippen molar-refractivity contribution >= 4 is 5.69 Å². The number of unbranched alkanes of at least 4 members (excludes halogenated alkanes) is 2. The summed E-state index contributed by atoms with van der Waals surface area (Å²) in [6.45, 7) is 2.91. The van der Waals surface area contributed by atoms with Gasteiger partial charge in [0.1, 0.15) is 0 Å². The lowest BCUT2D eigenvalue weighted by Gasteiger charge is -2.12. The average Bonchev–Trinajstić information content (AvgIpc) is 3.15. The van der Waals surface area contributed by atoms with Crippen LogP contribution in [0.1, 0.15) is 24.8 Å². The Morgan fingerprint density at radius 3 is 3.14 bits per heavy atom. The van der Waals surface area contributed by atoms with Crippen LogP contribution in [-0.4, -0.2) is 29.8 Å². The van der Waals surface area contributed by atoms with Crippen molar-refractivity contribution < 1.29 is 4.74 Å². The number of imidazole rings is 1. The highest BCUT2D eigenvalue weighted by atomic mass is 16.5. The van der Waals surface area contributed by atoms with Gasteiger partial charge in [-0.3, -0.25) is 0 Å². The molecule has 0 saturated heterocycles. The van der Waals surface area contributed by atoms with E-state index in [2.05, 4.69) is 33.1 Å². The van der Waals surface area contributed by atoms with Crippen molar-refractivity contribution in [3.63, 3.8) is 0 Å². The minimum atomic E-state index is 0.854. The van der Waals surface area contributed by atoms with Crippen LogP contribution in [0.25, 0.3) is 11.3 Å². The second kappa shape index (κ2) is 6.76. The van der Waals surface area contributed by atoms with E-state index in [9.17, 15) is 0 Å². The summed E-state index contributed by atoms with van der Waals surface area (Å²) in [5, 5.41) is 3.51. The number of aromatic nitrogens is 2. The van der Waals surface area contributed by atoms with E-state index in [0.29, 0.717) is 0 Å². The van der Waals surface area contributed by atoms with Crippen LogP contribution in [0.5, 0.6) is 0 Å². The van der Waals surface area contributed by atoms with Crippen LogP contribution in [0.15, 0.2) is 30.7 Å². The number of ether oxygens (including phenoxy) is 1. The number of nitrogens with zero attached hydrogens (tertiary/aromatic N) is 2. The Bertz CT molecular complexity index is 591. The Balaban J connectivity index is 1.72. The summed E-state index contributed by atoms with van der Waals surface area (Å²) < 4.78 is 7.36. The SMILES string of the molecule is COCCCCCn1cncc1-c1cccc2c1NCC2. The van der Waals surface area contributed by atoms with Gasteiger partial charge < -0.3 is 14.6 Å². The zero-order valence-electron chi connectivity index (χ0n) is 12.6. The van der Waals surface area contributed by atoms with E-state index in [-0.39, 0.29) is 0 Å². The first-order valence-electron chi connectivity index (χ1n) is 7.75. The molecule has 21 heavy (non-hydrogen) atoms. The molecule has 1 N–H and O–H groups in total. The van der Waals surface area contributed by atoms with Crippen LogP contribution in [0.2, 0.25) is 0 Å². The largest absolute Gasteiger partial charge is 0.385 e. The molecule has 4 heteroatoms. The van der Waals surface area contributed by atoms with Crippen molar-refractivity contribution in [2.24, 2.45) is 0 Å². The van der Waals surface area contributed by atoms with E-state index in [4.69, 9.17) is 4.74 Å². The van der Waals surface area contributed by atoms with Crippen LogP contribution in [0.4, 0.5) is 5.69 Å². The summed E-state index contributed by atoms with van der Waals surface area (Å²) in [6.07, 6.45) is 8.52. The Morgan fingerprint density at radius 1 is 1.29 bits per heavy atom. The second-order valence-electron chi connectivity index (χ2n) is 5.54. The van der Waals surface area contributed by atoms with Crippen molar-refractivity contribution in [2.45, 2.75) is 32.2 Å². The molecule has 2 heterocycles. The normalized spacial score (nSPS) is 13.2. The first-order valence-corrected chi connectivity index (χ1v) is 7.75. The molecule has 0 spiro atoms. The Kier molecular flexibility index (Phi) is 4.55. The second-order valence-corrected chi connectivity index (χ2v) is 5.54. The van der Waals surface area contributed by atoms with E-state index in [1.165, 1.54) is 28.9 Å². The summed E-state index contributed by atoms with van der Waals surface area (Å²) >= 11 is 0. The minimum absolute atomic E-state index is 0.854. The molecule has 0 bridgehead atoms. The van der Waals surface area contributed by atoms with E-state index in [1.54, 1.807) is 7.11 Å². The molecule has 0 aliphatic carbocycles. The van der Waals surface area contributed by atoms with E-state index in [0.717, 1.165) is 39.0 Å². The number of rotatable bonds is 7. The number of benzene rings is 1. The maximum absolute atomic E-state index is 5.10. The van der Waals surface area contributed by atoms with Crippen molar-refractivity contribution in [2.75, 3.05) is 25.6 Å². The lowest BCUT2D eigenvalue weighted by Crippen LogP contribution is -2.01. The van der Waals surface area contributed by atoms with E-state index < -0.39 is 0 Å². The van der Waals surface area contributed by atoms with E-state index in [1.807, 2.05) is 12.5 Å². The Morgan fingerprint density at radius 2 is 2.24 bits per heavy atom. The number of hydrogen-bond acceptors (Lipinski definition) is 3. The van der Waals surface area contributed by atoms with Gasteiger partial charge in [0.25, 0.3) is 0 Å². The first-order chi connectivity index (χ1) is 10.4. The third-order valence-corrected chi connectivity index (χ3v) is 4.08. The predicted octanol–water partition coefficient (Wildman–Crippen LogP) is 3.33. The fourth-order valence-electron chi connectivity index (χ4n) is 2.98. The predicted molar refractivity (Wildman–Crippen MR) is 85.6 cm³/mol. The third kappa shape index (κ3) is 3.10. The summed E-state index contributed by atoms with van der Waals surface area (Å²) in [6, 6.07) is 6.55. The number of aryl methyl sites for hydroxylation is 1. The topological polar surface area (TPSA) is 39.1 Å². The zero-order chi connectivity index (χ0) is 14.5. The molecule has 0 saturated carbocycles. The Labute approximate surface area is 126 Å². The van der Waals surface area contributed by atoms with Gasteiger partial charge in [0.05, 0.1) is 18.2 Å². The summed E-state index contributed by atoms with van der Waals surface area (Å²) in [7, 11) is 1.76. The zero-order valence-corrected chi connectivity index (χ0v) is 12.6. The van der Waals surface area contributed by atoms with Gasteiger partial charge >= 0.3 is 0 Å². The van der Waals surface area contributed by atoms with Gasteiger partial charge in [0, 0.05) is 38.1 Å². The molecule has 112 valence electrons. The maximum atomic E-state index is 5.10. The molecule has 0 atom stereocenters. The molecule has 3 rings (SSSR count). The van der Waals surface area contributed by atoms with Crippen LogP contribution < -0.4 is 5.32 Å². The van der Waals surface area contributed by atoms with Gasteiger partial charge in [-0.2, -0.15) is 0 Å². The highest BCUT2D eigenvalue weighted by Gasteiger charge is 2.16. The lowest BCUT2D eigenvalue weighted by molar-refractivity contribution is 0.191. The molecular weight excluding hydrogens is 262 g/mol. The summed E-state index contributed by atoms with van der Waals surface area (Å²) in [5.41, 5.74) is 5.20. The fourth-order valence-corrected chi connectivity index (χ4v) is 2.98. The van der Waals surface area contributed by atoms with Crippen molar-refractivity contribution in [3.8, 4) is 11.3 Å². The molecular formula is C17H23N3O. The number of methoxy groups -OCH3 is 1. The molecule has 1 aromatic carbocycles.